The van der Waals surface area contributed by atoms with Crippen molar-refractivity contribution in [2.75, 3.05) is 11.9 Å². The number of aromatic amines is 1. The van der Waals surface area contributed by atoms with Crippen molar-refractivity contribution in [3.63, 3.8) is 0 Å². The first kappa shape index (κ1) is 18.2. The van der Waals surface area contributed by atoms with Gasteiger partial charge in [-0.1, -0.05) is 36.4 Å². The number of nitrogens with two attached hydrogens (primary N) is 1. The summed E-state index contributed by atoms with van der Waals surface area (Å²) in [5, 5.41) is 13.0. The monoisotopic (exact) mass is 366 g/mol. The van der Waals surface area contributed by atoms with E-state index in [1.165, 1.54) is 0 Å². The Balaban J connectivity index is 1.88. The molecule has 0 aliphatic carbocycles. The van der Waals surface area contributed by atoms with Crippen molar-refractivity contribution in [3.8, 4) is 0 Å². The second kappa shape index (κ2) is 8.22. The molecule has 0 radical (unpaired) electrons. The Labute approximate surface area is 157 Å². The summed E-state index contributed by atoms with van der Waals surface area (Å²) in [6, 6.07) is 11.6. The number of carbonyl (C=O) groups is 1. The topological polar surface area (TPSA) is 117 Å². The van der Waals surface area contributed by atoms with Crippen molar-refractivity contribution in [2.24, 2.45) is 10.7 Å². The number of aliphatic imine (C=N–C) groups is 1. The van der Waals surface area contributed by atoms with Crippen LogP contribution in [0.2, 0.25) is 0 Å². The van der Waals surface area contributed by atoms with Gasteiger partial charge in [0, 0.05) is 11.8 Å². The lowest BCUT2D eigenvalue weighted by atomic mass is 10.2. The van der Waals surface area contributed by atoms with Crippen molar-refractivity contribution in [3.05, 3.63) is 65.1 Å². The molecule has 0 spiro atoms. The molecule has 27 heavy (non-hydrogen) atoms. The lowest BCUT2D eigenvalue weighted by Crippen LogP contribution is -2.41. The van der Waals surface area contributed by atoms with Crippen LogP contribution in [0.15, 0.2) is 58.9 Å². The number of aryl methyl sites for hydroxylation is 1. The molecule has 140 valence electrons. The van der Waals surface area contributed by atoms with Crippen molar-refractivity contribution in [2.45, 2.75) is 20.0 Å². The molecule has 0 saturated carbocycles. The zero-order valence-corrected chi connectivity index (χ0v) is 15.2. The first-order chi connectivity index (χ1) is 13.1. The van der Waals surface area contributed by atoms with Gasteiger partial charge in [0.05, 0.1) is 6.61 Å². The highest BCUT2D eigenvalue weighted by Gasteiger charge is 2.26. The SMILES string of the molecule is CCOC(=O)C1=C(N)C(Nc2cc(C)[nH]n2)=NC(/C=C/c2ccccc2)N1. The van der Waals surface area contributed by atoms with Gasteiger partial charge in [-0.05, 0) is 25.5 Å². The fourth-order valence-electron chi connectivity index (χ4n) is 2.52. The first-order valence-electron chi connectivity index (χ1n) is 8.60. The molecule has 1 aromatic heterocycles. The lowest BCUT2D eigenvalue weighted by Gasteiger charge is -2.24. The summed E-state index contributed by atoms with van der Waals surface area (Å²) in [6.07, 6.45) is 3.28. The Bertz CT molecular complexity index is 898. The first-order valence-corrected chi connectivity index (χ1v) is 8.60. The Kier molecular flexibility index (Phi) is 5.55. The number of nitrogens with zero attached hydrogens (tertiary/aromatic N) is 2. The largest absolute Gasteiger partial charge is 0.461 e. The molecule has 8 heteroatoms. The van der Waals surface area contributed by atoms with Crippen LogP contribution in [0.25, 0.3) is 6.08 Å². The number of amidine groups is 1. The molecule has 1 aliphatic heterocycles. The number of anilines is 1. The molecule has 0 fully saturated rings. The average Bonchev–Trinajstić information content (AvgIpc) is 3.08. The van der Waals surface area contributed by atoms with E-state index in [0.29, 0.717) is 11.7 Å². The minimum Gasteiger partial charge on any atom is -0.461 e. The number of hydrogen-bond acceptors (Lipinski definition) is 7. The number of carbonyl (C=O) groups excluding carboxylic acids is 1. The Morgan fingerprint density at radius 2 is 2.15 bits per heavy atom. The molecule has 1 unspecified atom stereocenters. The number of ether oxygens (including phenoxy) is 1. The Hall–Kier alpha value is -3.55. The van der Waals surface area contributed by atoms with Gasteiger partial charge in [0.15, 0.2) is 11.7 Å². The molecule has 1 aromatic carbocycles. The second-order valence-corrected chi connectivity index (χ2v) is 5.91. The molecule has 3 rings (SSSR count). The molecule has 8 nitrogen and oxygen atoms in total. The summed E-state index contributed by atoms with van der Waals surface area (Å²) < 4.78 is 5.10. The van der Waals surface area contributed by atoms with Gasteiger partial charge in [0.1, 0.15) is 17.6 Å². The summed E-state index contributed by atoms with van der Waals surface area (Å²) in [6.45, 7) is 3.88. The van der Waals surface area contributed by atoms with E-state index in [4.69, 9.17) is 10.5 Å². The van der Waals surface area contributed by atoms with Gasteiger partial charge in [-0.2, -0.15) is 5.10 Å². The molecule has 1 aliphatic rings. The summed E-state index contributed by atoms with van der Waals surface area (Å²) >= 11 is 0. The van der Waals surface area contributed by atoms with Gasteiger partial charge >= 0.3 is 5.97 Å². The number of benzene rings is 1. The van der Waals surface area contributed by atoms with E-state index in [0.717, 1.165) is 11.3 Å². The molecular weight excluding hydrogens is 344 g/mol. The lowest BCUT2D eigenvalue weighted by molar-refractivity contribution is -0.139. The van der Waals surface area contributed by atoms with E-state index in [1.54, 1.807) is 6.92 Å². The van der Waals surface area contributed by atoms with Gasteiger partial charge in [0.25, 0.3) is 0 Å². The zero-order valence-electron chi connectivity index (χ0n) is 15.2. The molecule has 0 amide bonds. The van der Waals surface area contributed by atoms with Gasteiger partial charge in [-0.15, -0.1) is 0 Å². The van der Waals surface area contributed by atoms with Crippen LogP contribution < -0.4 is 16.4 Å². The normalized spacial score (nSPS) is 16.8. The van der Waals surface area contributed by atoms with Crippen LogP contribution in [-0.4, -0.2) is 34.8 Å². The van der Waals surface area contributed by atoms with E-state index < -0.39 is 12.1 Å². The predicted octanol–water partition coefficient (Wildman–Crippen LogP) is 1.90. The van der Waals surface area contributed by atoms with Crippen LogP contribution in [-0.2, 0) is 9.53 Å². The molecule has 0 saturated heterocycles. The van der Waals surface area contributed by atoms with Gasteiger partial charge in [0.2, 0.25) is 0 Å². The molecule has 0 bridgehead atoms. The summed E-state index contributed by atoms with van der Waals surface area (Å²) in [4.78, 5) is 16.8. The third-order valence-corrected chi connectivity index (χ3v) is 3.79. The minimum absolute atomic E-state index is 0.171. The Morgan fingerprint density at radius 3 is 2.81 bits per heavy atom. The minimum atomic E-state index is -0.527. The van der Waals surface area contributed by atoms with Gasteiger partial charge in [-0.25, -0.2) is 9.79 Å². The van der Waals surface area contributed by atoms with Gasteiger partial charge < -0.3 is 21.1 Å². The maximum atomic E-state index is 12.3. The van der Waals surface area contributed by atoms with Crippen molar-refractivity contribution >= 4 is 23.7 Å². The number of aromatic nitrogens is 2. The number of rotatable bonds is 5. The molecule has 5 N–H and O–H groups in total. The van der Waals surface area contributed by atoms with Crippen LogP contribution in [0.4, 0.5) is 5.82 Å². The summed E-state index contributed by atoms with van der Waals surface area (Å²) in [7, 11) is 0. The molecule has 1 atom stereocenters. The fourth-order valence-corrected chi connectivity index (χ4v) is 2.52. The highest BCUT2D eigenvalue weighted by atomic mass is 16.5. The van der Waals surface area contributed by atoms with Crippen LogP contribution in [0.3, 0.4) is 0 Å². The van der Waals surface area contributed by atoms with E-state index in [2.05, 4.69) is 25.8 Å². The standard InChI is InChI=1S/C19H22N6O2/c1-3-27-19(26)17-16(20)18(23-15-11-12(2)24-25-15)22-14(21-17)10-9-13-7-5-4-6-8-13/h4-11,14,21H,3,20H2,1-2H3,(H2,22,23,24,25)/b10-9+. The van der Waals surface area contributed by atoms with Crippen molar-refractivity contribution in [1.82, 2.24) is 15.5 Å². The van der Waals surface area contributed by atoms with E-state index in [-0.39, 0.29) is 18.0 Å². The quantitative estimate of drug-likeness (QED) is 0.601. The third kappa shape index (κ3) is 4.55. The van der Waals surface area contributed by atoms with E-state index in [9.17, 15) is 4.79 Å². The molecule has 2 aromatic rings. The van der Waals surface area contributed by atoms with Crippen molar-refractivity contribution < 1.29 is 9.53 Å². The summed E-state index contributed by atoms with van der Waals surface area (Å²) in [5.74, 6) is 0.386. The maximum absolute atomic E-state index is 12.3. The van der Waals surface area contributed by atoms with E-state index >= 15 is 0 Å². The Morgan fingerprint density at radius 1 is 1.37 bits per heavy atom. The molecular formula is C19H22N6O2. The number of nitrogens with one attached hydrogen (secondary N) is 3. The van der Waals surface area contributed by atoms with Crippen LogP contribution in [0.1, 0.15) is 18.2 Å². The number of hydrogen-bond donors (Lipinski definition) is 4. The van der Waals surface area contributed by atoms with Crippen LogP contribution in [0, 0.1) is 6.92 Å². The van der Waals surface area contributed by atoms with Crippen molar-refractivity contribution in [1.29, 1.82) is 0 Å². The predicted molar refractivity (Wildman–Crippen MR) is 105 cm³/mol. The van der Waals surface area contributed by atoms with E-state index in [1.807, 2.05) is 55.5 Å². The van der Waals surface area contributed by atoms with Crippen LogP contribution >= 0.6 is 0 Å². The highest BCUT2D eigenvalue weighted by Crippen LogP contribution is 2.15. The highest BCUT2D eigenvalue weighted by molar-refractivity contribution is 6.12. The number of esters is 1. The zero-order chi connectivity index (χ0) is 19.2. The second-order valence-electron chi connectivity index (χ2n) is 5.91. The average molecular weight is 366 g/mol. The number of H-pyrrole nitrogens is 1. The molecule has 2 heterocycles. The van der Waals surface area contributed by atoms with Gasteiger partial charge in [-0.3, -0.25) is 5.10 Å². The smallest absolute Gasteiger partial charge is 0.356 e. The van der Waals surface area contributed by atoms with Crippen LogP contribution in [0.5, 0.6) is 0 Å². The third-order valence-electron chi connectivity index (χ3n) is 3.79. The maximum Gasteiger partial charge on any atom is 0.356 e. The fraction of sp³-hybridized carbons (Fsp3) is 0.211. The summed E-state index contributed by atoms with van der Waals surface area (Å²) in [5.41, 5.74) is 8.40.